The fraction of sp³-hybridized carbons (Fsp3) is 0.105. The minimum Gasteiger partial charge on any atom is -0.506 e. The number of aliphatic hydroxyl groups is 1. The van der Waals surface area contributed by atoms with Crippen LogP contribution in [0.2, 0.25) is 0 Å². The van der Waals surface area contributed by atoms with Crippen LogP contribution in [-0.2, 0) is 9.53 Å². The van der Waals surface area contributed by atoms with Gasteiger partial charge in [-0.15, -0.1) is 0 Å². The molecule has 0 atom stereocenters. The lowest BCUT2D eigenvalue weighted by molar-refractivity contribution is -0.138. The summed E-state index contributed by atoms with van der Waals surface area (Å²) in [6.07, 6.45) is 4.93. The van der Waals surface area contributed by atoms with E-state index in [4.69, 9.17) is 4.74 Å². The Bertz CT molecular complexity index is 923. The Labute approximate surface area is 153 Å². The predicted molar refractivity (Wildman–Crippen MR) is 99.6 cm³/mol. The summed E-state index contributed by atoms with van der Waals surface area (Å²) in [6.45, 7) is 1.81. The molecular formula is C19H15FN2O3S. The highest BCUT2D eigenvalue weighted by atomic mass is 32.2. The van der Waals surface area contributed by atoms with Crippen molar-refractivity contribution in [2.75, 3.05) is 6.61 Å². The standard InChI is InChI=1S/C19H15FN2O3S/c1-2-25-19(24)16-17(23)15(10-12-6-5-9-21-11-12)26-18(16)22-14-8-4-3-7-13(14)20/h3-11,23H,2H2,1H3/b15-10+,22-18?. The molecule has 1 aromatic heterocycles. The maximum atomic E-state index is 13.9. The zero-order valence-corrected chi connectivity index (χ0v) is 14.7. The first-order valence-corrected chi connectivity index (χ1v) is 8.65. The van der Waals surface area contributed by atoms with E-state index in [1.54, 1.807) is 43.6 Å². The highest BCUT2D eigenvalue weighted by Gasteiger charge is 2.33. The third kappa shape index (κ3) is 3.83. The number of para-hydroxylation sites is 1. The van der Waals surface area contributed by atoms with E-state index in [1.807, 2.05) is 6.07 Å². The molecule has 1 N–H and O–H groups in total. The fourth-order valence-corrected chi connectivity index (χ4v) is 3.28. The van der Waals surface area contributed by atoms with Crippen molar-refractivity contribution in [1.29, 1.82) is 0 Å². The Hall–Kier alpha value is -2.93. The van der Waals surface area contributed by atoms with Crippen molar-refractivity contribution in [3.8, 4) is 0 Å². The van der Waals surface area contributed by atoms with Crippen molar-refractivity contribution < 1.29 is 19.0 Å². The third-order valence-electron chi connectivity index (χ3n) is 3.43. The summed E-state index contributed by atoms with van der Waals surface area (Å²) in [6, 6.07) is 9.53. The molecule has 0 aliphatic carbocycles. The molecule has 0 saturated heterocycles. The van der Waals surface area contributed by atoms with Gasteiger partial charge in [-0.2, -0.15) is 0 Å². The van der Waals surface area contributed by atoms with Gasteiger partial charge in [0, 0.05) is 12.4 Å². The second-order valence-electron chi connectivity index (χ2n) is 5.21. The first-order valence-electron chi connectivity index (χ1n) is 7.84. The van der Waals surface area contributed by atoms with Crippen molar-refractivity contribution >= 4 is 34.5 Å². The summed E-state index contributed by atoms with van der Waals surface area (Å²) in [5, 5.41) is 10.7. The lowest BCUT2D eigenvalue weighted by atomic mass is 10.2. The van der Waals surface area contributed by atoms with Crippen LogP contribution < -0.4 is 0 Å². The minimum atomic E-state index is -0.706. The Balaban J connectivity index is 2.06. The number of benzene rings is 1. The summed E-state index contributed by atoms with van der Waals surface area (Å²) < 4.78 is 18.9. The molecule has 7 heteroatoms. The topological polar surface area (TPSA) is 71.8 Å². The number of thioether (sulfide) groups is 1. The number of esters is 1. The molecule has 132 valence electrons. The largest absolute Gasteiger partial charge is 0.506 e. The van der Waals surface area contributed by atoms with Crippen LogP contribution >= 0.6 is 11.8 Å². The van der Waals surface area contributed by atoms with E-state index in [0.29, 0.717) is 4.91 Å². The number of aromatic nitrogens is 1. The van der Waals surface area contributed by atoms with E-state index < -0.39 is 11.8 Å². The fourth-order valence-electron chi connectivity index (χ4n) is 2.26. The van der Waals surface area contributed by atoms with Gasteiger partial charge in [-0.05, 0) is 36.8 Å². The van der Waals surface area contributed by atoms with Crippen molar-refractivity contribution in [1.82, 2.24) is 4.98 Å². The van der Waals surface area contributed by atoms with Crippen LogP contribution in [0.5, 0.6) is 0 Å². The van der Waals surface area contributed by atoms with Crippen LogP contribution in [0.4, 0.5) is 10.1 Å². The van der Waals surface area contributed by atoms with E-state index in [1.165, 1.54) is 12.1 Å². The van der Waals surface area contributed by atoms with Gasteiger partial charge in [0.1, 0.15) is 27.9 Å². The highest BCUT2D eigenvalue weighted by Crippen LogP contribution is 2.40. The van der Waals surface area contributed by atoms with Gasteiger partial charge < -0.3 is 9.84 Å². The molecule has 0 spiro atoms. The maximum Gasteiger partial charge on any atom is 0.344 e. The average molecular weight is 370 g/mol. The van der Waals surface area contributed by atoms with E-state index in [9.17, 15) is 14.3 Å². The Morgan fingerprint density at radius 1 is 1.35 bits per heavy atom. The van der Waals surface area contributed by atoms with Gasteiger partial charge in [-0.1, -0.05) is 30.0 Å². The number of nitrogens with zero attached hydrogens (tertiary/aromatic N) is 2. The molecule has 2 heterocycles. The summed E-state index contributed by atoms with van der Waals surface area (Å²) >= 11 is 1.07. The van der Waals surface area contributed by atoms with Crippen molar-refractivity contribution in [2.45, 2.75) is 6.92 Å². The van der Waals surface area contributed by atoms with Crippen LogP contribution in [0.1, 0.15) is 12.5 Å². The number of hydrogen-bond acceptors (Lipinski definition) is 6. The number of carbonyl (C=O) groups is 1. The van der Waals surface area contributed by atoms with Gasteiger partial charge in [0.05, 0.1) is 11.5 Å². The number of pyridine rings is 1. The molecule has 2 aromatic rings. The monoisotopic (exact) mass is 370 g/mol. The summed E-state index contributed by atoms with van der Waals surface area (Å²) in [5.74, 6) is -1.47. The lowest BCUT2D eigenvalue weighted by Gasteiger charge is -2.04. The Kier molecular flexibility index (Phi) is 5.48. The molecule has 26 heavy (non-hydrogen) atoms. The second kappa shape index (κ2) is 7.97. The summed E-state index contributed by atoms with van der Waals surface area (Å²) in [5.41, 5.74) is 0.749. The second-order valence-corrected chi connectivity index (χ2v) is 6.24. The minimum absolute atomic E-state index is 0.0738. The molecule has 1 aromatic carbocycles. The van der Waals surface area contributed by atoms with Gasteiger partial charge in [-0.25, -0.2) is 14.2 Å². The SMILES string of the molecule is CCOC(=O)C1=C(O)/C(=C\c2cccnc2)SC1=Nc1ccccc1F. The van der Waals surface area contributed by atoms with E-state index >= 15 is 0 Å². The molecule has 0 fully saturated rings. The van der Waals surface area contributed by atoms with Crippen molar-refractivity contribution in [3.63, 3.8) is 0 Å². The molecule has 1 aliphatic heterocycles. The van der Waals surface area contributed by atoms with Crippen LogP contribution in [0.25, 0.3) is 6.08 Å². The number of aliphatic hydroxyl groups excluding tert-OH is 1. The third-order valence-corrected chi connectivity index (χ3v) is 4.45. The van der Waals surface area contributed by atoms with Gasteiger partial charge in [0.25, 0.3) is 0 Å². The summed E-state index contributed by atoms with van der Waals surface area (Å²) in [4.78, 5) is 20.9. The smallest absolute Gasteiger partial charge is 0.344 e. The molecular weight excluding hydrogens is 355 g/mol. The lowest BCUT2D eigenvalue weighted by Crippen LogP contribution is -2.12. The molecule has 3 rings (SSSR count). The summed E-state index contributed by atoms with van der Waals surface area (Å²) in [7, 11) is 0. The van der Waals surface area contributed by atoms with Gasteiger partial charge in [0.2, 0.25) is 0 Å². The molecule has 0 saturated carbocycles. The molecule has 0 bridgehead atoms. The number of halogens is 1. The average Bonchev–Trinajstić information content (AvgIpc) is 2.93. The zero-order valence-electron chi connectivity index (χ0n) is 13.8. The number of hydrogen-bond donors (Lipinski definition) is 1. The number of rotatable bonds is 4. The normalized spacial score (nSPS) is 17.2. The molecule has 5 nitrogen and oxygen atoms in total. The number of carbonyl (C=O) groups excluding carboxylic acids is 1. The zero-order chi connectivity index (χ0) is 18.5. The van der Waals surface area contributed by atoms with Crippen LogP contribution in [0.3, 0.4) is 0 Å². The van der Waals surface area contributed by atoms with Gasteiger partial charge in [0.15, 0.2) is 0 Å². The molecule has 1 aliphatic rings. The molecule has 0 unspecified atom stereocenters. The number of aliphatic imine (C=N–C) groups is 1. The first kappa shape index (κ1) is 17.9. The van der Waals surface area contributed by atoms with E-state index in [0.717, 1.165) is 17.3 Å². The van der Waals surface area contributed by atoms with E-state index in [2.05, 4.69) is 9.98 Å². The van der Waals surface area contributed by atoms with Gasteiger partial charge in [-0.3, -0.25) is 4.98 Å². The van der Waals surface area contributed by atoms with Crippen molar-refractivity contribution in [2.24, 2.45) is 4.99 Å². The van der Waals surface area contributed by atoms with E-state index in [-0.39, 0.29) is 28.7 Å². The quantitative estimate of drug-likeness (QED) is 0.807. The first-order chi connectivity index (χ1) is 12.6. The van der Waals surface area contributed by atoms with Crippen LogP contribution in [-0.4, -0.2) is 27.7 Å². The maximum absolute atomic E-state index is 13.9. The van der Waals surface area contributed by atoms with Crippen molar-refractivity contribution in [3.05, 3.63) is 76.4 Å². The van der Waals surface area contributed by atoms with Gasteiger partial charge >= 0.3 is 5.97 Å². The Morgan fingerprint density at radius 2 is 2.15 bits per heavy atom. The van der Waals surface area contributed by atoms with Crippen LogP contribution in [0, 0.1) is 5.82 Å². The predicted octanol–water partition coefficient (Wildman–Crippen LogP) is 4.41. The highest BCUT2D eigenvalue weighted by molar-refractivity contribution is 8.18. The molecule has 0 amide bonds. The van der Waals surface area contributed by atoms with Crippen LogP contribution in [0.15, 0.2) is 70.0 Å². The molecule has 0 radical (unpaired) electrons. The number of ether oxygens (including phenoxy) is 1. The Morgan fingerprint density at radius 3 is 2.85 bits per heavy atom.